The Kier molecular flexibility index (Phi) is 4.29. The maximum Gasteiger partial charge on any atom is 0.326 e. The Morgan fingerprint density at radius 2 is 1.88 bits per heavy atom. The number of likely N-dealkylation sites (tertiary alicyclic amines) is 1. The molecule has 1 aliphatic heterocycles. The molecule has 1 heterocycles. The van der Waals surface area contributed by atoms with Crippen molar-refractivity contribution in [3.63, 3.8) is 0 Å². The molecule has 0 saturated carbocycles. The highest BCUT2D eigenvalue weighted by atomic mass is 16.4. The molecule has 0 radical (unpaired) electrons. The molecule has 1 N–H and O–H groups in total. The Bertz CT molecular complexity index is 272. The minimum Gasteiger partial charge on any atom is -0.480 e. The van der Waals surface area contributed by atoms with Crippen molar-refractivity contribution >= 4 is 11.9 Å². The Morgan fingerprint density at radius 3 is 2.31 bits per heavy atom. The van der Waals surface area contributed by atoms with E-state index in [0.717, 1.165) is 25.9 Å². The molecule has 1 unspecified atom stereocenters. The van der Waals surface area contributed by atoms with Crippen LogP contribution in [0.3, 0.4) is 0 Å². The summed E-state index contributed by atoms with van der Waals surface area (Å²) in [7, 11) is 3.60. The summed E-state index contributed by atoms with van der Waals surface area (Å²) in [6.45, 7) is 3.35. The van der Waals surface area contributed by atoms with Crippen LogP contribution >= 0.6 is 0 Å². The first kappa shape index (κ1) is 13.0. The predicted octanol–water partition coefficient (Wildman–Crippen LogP) is 0.260. The number of rotatable bonds is 3. The van der Waals surface area contributed by atoms with Gasteiger partial charge in [0.15, 0.2) is 0 Å². The van der Waals surface area contributed by atoms with Crippen LogP contribution in [0.5, 0.6) is 0 Å². The van der Waals surface area contributed by atoms with Crippen molar-refractivity contribution in [2.24, 2.45) is 5.92 Å². The predicted molar refractivity (Wildman–Crippen MR) is 60.1 cm³/mol. The largest absolute Gasteiger partial charge is 0.480 e. The molecule has 1 amide bonds. The van der Waals surface area contributed by atoms with Crippen LogP contribution in [-0.4, -0.2) is 60.0 Å². The van der Waals surface area contributed by atoms with E-state index in [1.165, 1.54) is 11.8 Å². The Balaban J connectivity index is 2.54. The standard InChI is InChI=1S/C11H20N2O3/c1-8(11(15)16)13(3)10(14)9-4-6-12(2)7-5-9/h8-9H,4-7H2,1-3H3,(H,15,16). The molecular formula is C11H20N2O3. The van der Waals surface area contributed by atoms with E-state index >= 15 is 0 Å². The van der Waals surface area contributed by atoms with Gasteiger partial charge in [-0.25, -0.2) is 4.79 Å². The van der Waals surface area contributed by atoms with E-state index in [0.29, 0.717) is 0 Å². The summed E-state index contributed by atoms with van der Waals surface area (Å²) >= 11 is 0. The fraction of sp³-hybridized carbons (Fsp3) is 0.818. The monoisotopic (exact) mass is 228 g/mol. The lowest BCUT2D eigenvalue weighted by Gasteiger charge is -2.32. The fourth-order valence-electron chi connectivity index (χ4n) is 1.90. The highest BCUT2D eigenvalue weighted by Crippen LogP contribution is 2.19. The molecule has 0 aromatic carbocycles. The number of hydrogen-bond acceptors (Lipinski definition) is 3. The minimum atomic E-state index is -0.955. The second-order valence-corrected chi connectivity index (χ2v) is 4.54. The third-order valence-corrected chi connectivity index (χ3v) is 3.35. The van der Waals surface area contributed by atoms with E-state index in [1.807, 2.05) is 7.05 Å². The summed E-state index contributed by atoms with van der Waals surface area (Å²) in [4.78, 5) is 26.3. The first-order valence-corrected chi connectivity index (χ1v) is 5.61. The maximum atomic E-state index is 12.0. The van der Waals surface area contributed by atoms with E-state index in [9.17, 15) is 9.59 Å². The van der Waals surface area contributed by atoms with Gasteiger partial charge in [-0.2, -0.15) is 0 Å². The van der Waals surface area contributed by atoms with Gasteiger partial charge in [0.2, 0.25) is 5.91 Å². The van der Waals surface area contributed by atoms with Gasteiger partial charge < -0.3 is 14.9 Å². The first-order chi connectivity index (χ1) is 7.43. The third-order valence-electron chi connectivity index (χ3n) is 3.35. The van der Waals surface area contributed by atoms with E-state index in [-0.39, 0.29) is 11.8 Å². The topological polar surface area (TPSA) is 60.9 Å². The number of likely N-dealkylation sites (N-methyl/N-ethyl adjacent to an activating group) is 1. The second-order valence-electron chi connectivity index (χ2n) is 4.54. The zero-order valence-corrected chi connectivity index (χ0v) is 10.1. The van der Waals surface area contributed by atoms with Crippen molar-refractivity contribution in [1.29, 1.82) is 0 Å². The van der Waals surface area contributed by atoms with Crippen LogP contribution in [0.15, 0.2) is 0 Å². The van der Waals surface area contributed by atoms with Gasteiger partial charge in [-0.15, -0.1) is 0 Å². The van der Waals surface area contributed by atoms with Crippen LogP contribution in [-0.2, 0) is 9.59 Å². The van der Waals surface area contributed by atoms with Gasteiger partial charge in [0.1, 0.15) is 6.04 Å². The molecule has 5 heteroatoms. The normalized spacial score (nSPS) is 20.4. The molecule has 92 valence electrons. The maximum absolute atomic E-state index is 12.0. The number of carboxylic acid groups (broad SMARTS) is 1. The zero-order chi connectivity index (χ0) is 12.3. The molecule has 1 rings (SSSR count). The summed E-state index contributed by atoms with van der Waals surface area (Å²) in [5.74, 6) is -1.00. The first-order valence-electron chi connectivity index (χ1n) is 5.61. The summed E-state index contributed by atoms with van der Waals surface area (Å²) in [5.41, 5.74) is 0. The molecule has 0 spiro atoms. The molecule has 0 aliphatic carbocycles. The van der Waals surface area contributed by atoms with E-state index < -0.39 is 12.0 Å². The Morgan fingerprint density at radius 1 is 1.38 bits per heavy atom. The smallest absolute Gasteiger partial charge is 0.326 e. The number of carboxylic acids is 1. The molecule has 0 aromatic rings. The van der Waals surface area contributed by atoms with Crippen LogP contribution in [0.1, 0.15) is 19.8 Å². The lowest BCUT2D eigenvalue weighted by molar-refractivity contribution is -0.150. The summed E-state index contributed by atoms with van der Waals surface area (Å²) in [6, 6.07) is -0.743. The number of hydrogen-bond donors (Lipinski definition) is 1. The SMILES string of the molecule is CC(C(=O)O)N(C)C(=O)C1CCN(C)CC1. The molecule has 1 saturated heterocycles. The molecule has 0 bridgehead atoms. The van der Waals surface area contributed by atoms with Crippen LogP contribution in [0.2, 0.25) is 0 Å². The summed E-state index contributed by atoms with van der Waals surface area (Å²) in [6.07, 6.45) is 1.65. The molecule has 1 atom stereocenters. The van der Waals surface area contributed by atoms with Crippen molar-refractivity contribution in [2.45, 2.75) is 25.8 Å². The number of aliphatic carboxylic acids is 1. The number of piperidine rings is 1. The van der Waals surface area contributed by atoms with Crippen LogP contribution in [0, 0.1) is 5.92 Å². The van der Waals surface area contributed by atoms with Crippen molar-refractivity contribution < 1.29 is 14.7 Å². The lowest BCUT2D eigenvalue weighted by Crippen LogP contribution is -2.45. The molecule has 1 fully saturated rings. The van der Waals surface area contributed by atoms with E-state index in [4.69, 9.17) is 5.11 Å². The second kappa shape index (κ2) is 5.30. The van der Waals surface area contributed by atoms with Crippen molar-refractivity contribution in [3.8, 4) is 0 Å². The van der Waals surface area contributed by atoms with E-state index in [2.05, 4.69) is 4.90 Å². The number of carbonyl (C=O) groups is 2. The van der Waals surface area contributed by atoms with Gasteiger partial charge in [0.25, 0.3) is 0 Å². The Hall–Kier alpha value is -1.10. The highest BCUT2D eigenvalue weighted by molar-refractivity contribution is 5.84. The number of amides is 1. The van der Waals surface area contributed by atoms with Gasteiger partial charge >= 0.3 is 5.97 Å². The highest BCUT2D eigenvalue weighted by Gasteiger charge is 2.29. The van der Waals surface area contributed by atoms with Crippen LogP contribution in [0.25, 0.3) is 0 Å². The van der Waals surface area contributed by atoms with Crippen LogP contribution in [0.4, 0.5) is 0 Å². The molecule has 1 aliphatic rings. The quantitative estimate of drug-likeness (QED) is 0.752. The molecule has 5 nitrogen and oxygen atoms in total. The van der Waals surface area contributed by atoms with Crippen molar-refractivity contribution in [3.05, 3.63) is 0 Å². The average molecular weight is 228 g/mol. The van der Waals surface area contributed by atoms with Gasteiger partial charge in [0, 0.05) is 13.0 Å². The van der Waals surface area contributed by atoms with Gasteiger partial charge in [0.05, 0.1) is 0 Å². The van der Waals surface area contributed by atoms with Crippen LogP contribution < -0.4 is 0 Å². The molecular weight excluding hydrogens is 208 g/mol. The summed E-state index contributed by atoms with van der Waals surface area (Å²) < 4.78 is 0. The zero-order valence-electron chi connectivity index (χ0n) is 10.1. The summed E-state index contributed by atoms with van der Waals surface area (Å²) in [5, 5.41) is 8.84. The number of nitrogens with zero attached hydrogens (tertiary/aromatic N) is 2. The minimum absolute atomic E-state index is 0.0111. The molecule has 0 aromatic heterocycles. The van der Waals surface area contributed by atoms with Gasteiger partial charge in [-0.05, 0) is 39.9 Å². The average Bonchev–Trinajstić information content (AvgIpc) is 2.27. The molecule has 16 heavy (non-hydrogen) atoms. The van der Waals surface area contributed by atoms with Crippen molar-refractivity contribution in [2.75, 3.05) is 27.2 Å². The fourth-order valence-corrected chi connectivity index (χ4v) is 1.90. The van der Waals surface area contributed by atoms with Gasteiger partial charge in [-0.3, -0.25) is 4.79 Å². The number of carbonyl (C=O) groups excluding carboxylic acids is 1. The van der Waals surface area contributed by atoms with E-state index in [1.54, 1.807) is 7.05 Å². The third kappa shape index (κ3) is 2.95. The van der Waals surface area contributed by atoms with Crippen molar-refractivity contribution in [1.82, 2.24) is 9.80 Å². The lowest BCUT2D eigenvalue weighted by atomic mass is 9.95. The van der Waals surface area contributed by atoms with Gasteiger partial charge in [-0.1, -0.05) is 0 Å². The Labute approximate surface area is 96.0 Å².